The fourth-order valence-electron chi connectivity index (χ4n) is 1.38. The Bertz CT molecular complexity index is 502. The normalized spacial score (nSPS) is 9.78. The van der Waals surface area contributed by atoms with Crippen LogP contribution in [0.3, 0.4) is 0 Å². The van der Waals surface area contributed by atoms with Crippen molar-refractivity contribution in [3.05, 3.63) is 27.6 Å². The van der Waals surface area contributed by atoms with Gasteiger partial charge in [0.1, 0.15) is 5.56 Å². The highest BCUT2D eigenvalue weighted by atomic mass is 19.1. The molecule has 0 N–H and O–H groups in total. The van der Waals surface area contributed by atoms with Crippen LogP contribution in [0.2, 0.25) is 0 Å². The zero-order chi connectivity index (χ0) is 13.9. The van der Waals surface area contributed by atoms with Gasteiger partial charge in [-0.25, -0.2) is 4.79 Å². The molecule has 0 aromatic heterocycles. The van der Waals surface area contributed by atoms with Crippen LogP contribution in [0.1, 0.15) is 10.4 Å². The van der Waals surface area contributed by atoms with E-state index in [2.05, 4.69) is 4.74 Å². The summed E-state index contributed by atoms with van der Waals surface area (Å²) in [4.78, 5) is 21.1. The molecule has 0 fully saturated rings. The molecule has 8 heteroatoms. The summed E-state index contributed by atoms with van der Waals surface area (Å²) < 4.78 is 27.8. The molecule has 0 aliphatic carbocycles. The van der Waals surface area contributed by atoms with Gasteiger partial charge in [0.25, 0.3) is 0 Å². The van der Waals surface area contributed by atoms with Crippen LogP contribution >= 0.6 is 0 Å². The molecule has 1 aromatic carbocycles. The monoisotopic (exact) mass is 259 g/mol. The number of halogens is 1. The molecule has 0 spiro atoms. The zero-order valence-corrected chi connectivity index (χ0v) is 9.85. The zero-order valence-electron chi connectivity index (χ0n) is 9.85. The van der Waals surface area contributed by atoms with E-state index in [0.29, 0.717) is 0 Å². The fraction of sp³-hybridized carbons (Fsp3) is 0.300. The number of rotatable bonds is 4. The number of carbonyl (C=O) groups excluding carboxylic acids is 1. The minimum Gasteiger partial charge on any atom is -0.493 e. The van der Waals surface area contributed by atoms with Crippen LogP contribution in [-0.4, -0.2) is 32.2 Å². The molecule has 0 saturated heterocycles. The summed E-state index contributed by atoms with van der Waals surface area (Å²) in [6.45, 7) is 0. The Labute approximate surface area is 101 Å². The van der Waals surface area contributed by atoms with E-state index in [1.807, 2.05) is 0 Å². The van der Waals surface area contributed by atoms with Gasteiger partial charge >= 0.3 is 11.7 Å². The number of benzene rings is 1. The van der Waals surface area contributed by atoms with Crippen molar-refractivity contribution in [2.75, 3.05) is 21.3 Å². The quantitative estimate of drug-likeness (QED) is 0.463. The summed E-state index contributed by atoms with van der Waals surface area (Å²) in [5, 5.41) is 10.7. The molecule has 18 heavy (non-hydrogen) atoms. The van der Waals surface area contributed by atoms with E-state index in [-0.39, 0.29) is 11.5 Å². The molecule has 1 rings (SSSR count). The van der Waals surface area contributed by atoms with Gasteiger partial charge in [-0.15, -0.1) is 0 Å². The SMILES string of the molecule is COC(=O)c1c(F)c([N+](=O)[O-])cc(OC)c1OC. The summed E-state index contributed by atoms with van der Waals surface area (Å²) >= 11 is 0. The summed E-state index contributed by atoms with van der Waals surface area (Å²) in [7, 11) is 3.41. The van der Waals surface area contributed by atoms with Crippen LogP contribution < -0.4 is 9.47 Å². The Kier molecular flexibility index (Phi) is 4.03. The Hall–Kier alpha value is -2.38. The first-order valence-corrected chi connectivity index (χ1v) is 4.65. The molecule has 0 aliphatic heterocycles. The van der Waals surface area contributed by atoms with Gasteiger partial charge in [0.2, 0.25) is 5.82 Å². The predicted octanol–water partition coefficient (Wildman–Crippen LogP) is 1.54. The number of esters is 1. The van der Waals surface area contributed by atoms with Crippen LogP contribution in [0.25, 0.3) is 0 Å². The average Bonchev–Trinajstić information content (AvgIpc) is 2.36. The first-order valence-electron chi connectivity index (χ1n) is 4.65. The van der Waals surface area contributed by atoms with E-state index in [4.69, 9.17) is 9.47 Å². The van der Waals surface area contributed by atoms with Crippen LogP contribution in [0, 0.1) is 15.9 Å². The molecule has 0 radical (unpaired) electrons. The van der Waals surface area contributed by atoms with Gasteiger partial charge in [-0.1, -0.05) is 0 Å². The molecule has 0 aliphatic rings. The molecule has 0 bridgehead atoms. The van der Waals surface area contributed by atoms with Gasteiger partial charge in [0.15, 0.2) is 11.5 Å². The third kappa shape index (κ3) is 2.17. The van der Waals surface area contributed by atoms with Crippen LogP contribution in [0.4, 0.5) is 10.1 Å². The number of hydrogen-bond donors (Lipinski definition) is 0. The van der Waals surface area contributed by atoms with Crippen molar-refractivity contribution in [1.82, 2.24) is 0 Å². The van der Waals surface area contributed by atoms with E-state index < -0.39 is 28.0 Å². The number of ether oxygens (including phenoxy) is 3. The topological polar surface area (TPSA) is 87.9 Å². The Balaban J connectivity index is 3.67. The van der Waals surface area contributed by atoms with Crippen molar-refractivity contribution in [2.24, 2.45) is 0 Å². The average molecular weight is 259 g/mol. The van der Waals surface area contributed by atoms with E-state index in [1.165, 1.54) is 14.2 Å². The second-order valence-corrected chi connectivity index (χ2v) is 3.07. The number of nitrogens with zero attached hydrogens (tertiary/aromatic N) is 1. The first kappa shape index (κ1) is 13.7. The van der Waals surface area contributed by atoms with E-state index in [9.17, 15) is 19.3 Å². The fourth-order valence-corrected chi connectivity index (χ4v) is 1.38. The third-order valence-corrected chi connectivity index (χ3v) is 2.17. The minimum atomic E-state index is -1.33. The lowest BCUT2D eigenvalue weighted by atomic mass is 10.1. The predicted molar refractivity (Wildman–Crippen MR) is 57.5 cm³/mol. The van der Waals surface area contributed by atoms with Gasteiger partial charge < -0.3 is 14.2 Å². The number of nitro groups is 1. The van der Waals surface area contributed by atoms with Crippen LogP contribution in [0.5, 0.6) is 11.5 Å². The lowest BCUT2D eigenvalue weighted by Crippen LogP contribution is -2.10. The van der Waals surface area contributed by atoms with Gasteiger partial charge in [0.05, 0.1) is 32.3 Å². The van der Waals surface area contributed by atoms with E-state index in [1.54, 1.807) is 0 Å². The van der Waals surface area contributed by atoms with Crippen molar-refractivity contribution in [1.29, 1.82) is 0 Å². The smallest absolute Gasteiger partial charge is 0.345 e. The molecule has 98 valence electrons. The van der Waals surface area contributed by atoms with Crippen LogP contribution in [-0.2, 0) is 4.74 Å². The maximum atomic E-state index is 13.8. The van der Waals surface area contributed by atoms with Crippen molar-refractivity contribution in [3.8, 4) is 11.5 Å². The molecule has 0 amide bonds. The van der Waals surface area contributed by atoms with Crippen molar-refractivity contribution < 1.29 is 28.3 Å². The Morgan fingerprint density at radius 2 is 1.94 bits per heavy atom. The lowest BCUT2D eigenvalue weighted by Gasteiger charge is -2.12. The number of methoxy groups -OCH3 is 3. The third-order valence-electron chi connectivity index (χ3n) is 2.17. The van der Waals surface area contributed by atoms with Crippen molar-refractivity contribution >= 4 is 11.7 Å². The van der Waals surface area contributed by atoms with E-state index >= 15 is 0 Å². The van der Waals surface area contributed by atoms with Crippen molar-refractivity contribution in [2.45, 2.75) is 0 Å². The molecule has 1 aromatic rings. The minimum absolute atomic E-state index is 0.133. The lowest BCUT2D eigenvalue weighted by molar-refractivity contribution is -0.387. The Morgan fingerprint density at radius 1 is 1.33 bits per heavy atom. The van der Waals surface area contributed by atoms with Gasteiger partial charge in [-0.3, -0.25) is 10.1 Å². The van der Waals surface area contributed by atoms with Crippen molar-refractivity contribution in [3.63, 3.8) is 0 Å². The molecular formula is C10H10FNO6. The molecule has 7 nitrogen and oxygen atoms in total. The maximum Gasteiger partial charge on any atom is 0.345 e. The van der Waals surface area contributed by atoms with E-state index in [0.717, 1.165) is 13.2 Å². The number of nitro benzene ring substituents is 1. The molecule has 0 saturated carbocycles. The highest BCUT2D eigenvalue weighted by Gasteiger charge is 2.31. The summed E-state index contributed by atoms with van der Waals surface area (Å²) in [6.07, 6.45) is 0. The summed E-state index contributed by atoms with van der Waals surface area (Å²) in [5.41, 5.74) is -1.57. The second kappa shape index (κ2) is 5.30. The highest BCUT2D eigenvalue weighted by Crippen LogP contribution is 2.38. The standard InChI is InChI=1S/C10H10FNO6/c1-16-6-4-5(12(14)15)8(11)7(9(6)17-2)10(13)18-3/h4H,1-3H3. The van der Waals surface area contributed by atoms with Gasteiger partial charge in [-0.2, -0.15) is 4.39 Å². The molecule has 0 atom stereocenters. The largest absolute Gasteiger partial charge is 0.493 e. The number of hydrogen-bond acceptors (Lipinski definition) is 6. The molecular weight excluding hydrogens is 249 g/mol. The van der Waals surface area contributed by atoms with Gasteiger partial charge in [-0.05, 0) is 0 Å². The maximum absolute atomic E-state index is 13.8. The molecule has 0 heterocycles. The summed E-state index contributed by atoms with van der Waals surface area (Å²) in [5.74, 6) is -2.81. The summed E-state index contributed by atoms with van der Waals surface area (Å²) in [6, 6.07) is 0.834. The first-order chi connectivity index (χ1) is 8.47. The molecule has 0 unspecified atom stereocenters. The Morgan fingerprint density at radius 3 is 2.33 bits per heavy atom. The van der Waals surface area contributed by atoms with Gasteiger partial charge in [0, 0.05) is 0 Å². The second-order valence-electron chi connectivity index (χ2n) is 3.07. The highest BCUT2D eigenvalue weighted by molar-refractivity contribution is 5.95. The number of carbonyl (C=O) groups is 1. The van der Waals surface area contributed by atoms with Crippen LogP contribution in [0.15, 0.2) is 6.07 Å².